The van der Waals surface area contributed by atoms with Gasteiger partial charge in [0.2, 0.25) is 0 Å². The van der Waals surface area contributed by atoms with Gasteiger partial charge in [-0.1, -0.05) is 24.3 Å². The number of hydrogen-bond acceptors (Lipinski definition) is 2. The van der Waals surface area contributed by atoms with Gasteiger partial charge in [-0.05, 0) is 31.7 Å². The zero-order chi connectivity index (χ0) is 15.0. The van der Waals surface area contributed by atoms with Gasteiger partial charge < -0.3 is 10.1 Å². The molecule has 0 amide bonds. The Morgan fingerprint density at radius 1 is 1.19 bits per heavy atom. The summed E-state index contributed by atoms with van der Waals surface area (Å²) in [6.45, 7) is 2.06. The van der Waals surface area contributed by atoms with Gasteiger partial charge in [0.1, 0.15) is 17.4 Å². The lowest BCUT2D eigenvalue weighted by Gasteiger charge is -2.24. The molecule has 0 spiro atoms. The fourth-order valence-corrected chi connectivity index (χ4v) is 2.97. The van der Waals surface area contributed by atoms with E-state index in [0.29, 0.717) is 12.2 Å². The molecule has 21 heavy (non-hydrogen) atoms. The van der Waals surface area contributed by atoms with Crippen molar-refractivity contribution < 1.29 is 13.5 Å². The van der Waals surface area contributed by atoms with E-state index >= 15 is 0 Å². The van der Waals surface area contributed by atoms with Crippen molar-refractivity contribution in [3.05, 3.63) is 64.7 Å². The molecule has 1 aliphatic heterocycles. The van der Waals surface area contributed by atoms with Gasteiger partial charge in [-0.25, -0.2) is 8.78 Å². The SMILES string of the molecule is CNC(c1c(F)ccc(C)c1F)C1COc2ccccc21. The minimum atomic E-state index is -0.526. The average molecular weight is 289 g/mol. The third kappa shape index (κ3) is 2.29. The molecule has 0 aliphatic carbocycles. The van der Waals surface area contributed by atoms with Crippen LogP contribution in [0, 0.1) is 18.6 Å². The Labute approximate surface area is 122 Å². The number of hydrogen-bond donors (Lipinski definition) is 1. The highest BCUT2D eigenvalue weighted by Gasteiger charge is 2.34. The maximum Gasteiger partial charge on any atom is 0.133 e. The summed E-state index contributed by atoms with van der Waals surface area (Å²) in [6, 6.07) is 9.95. The highest BCUT2D eigenvalue weighted by Crippen LogP contribution is 2.42. The molecule has 3 rings (SSSR count). The second-order valence-corrected chi connectivity index (χ2v) is 5.31. The predicted molar refractivity (Wildman–Crippen MR) is 77.6 cm³/mol. The normalized spacial score (nSPS) is 18.2. The highest BCUT2D eigenvalue weighted by atomic mass is 19.1. The Morgan fingerprint density at radius 2 is 1.95 bits per heavy atom. The van der Waals surface area contributed by atoms with Gasteiger partial charge in [0, 0.05) is 23.1 Å². The third-order valence-electron chi connectivity index (χ3n) is 4.08. The van der Waals surface area contributed by atoms with Gasteiger partial charge >= 0.3 is 0 Å². The van der Waals surface area contributed by atoms with Crippen molar-refractivity contribution in [3.8, 4) is 5.75 Å². The number of aryl methyl sites for hydroxylation is 1. The molecule has 1 N–H and O–H groups in total. The number of ether oxygens (including phenoxy) is 1. The summed E-state index contributed by atoms with van der Waals surface area (Å²) in [6.07, 6.45) is 0. The largest absolute Gasteiger partial charge is 0.493 e. The van der Waals surface area contributed by atoms with Crippen molar-refractivity contribution in [2.24, 2.45) is 0 Å². The first kappa shape index (κ1) is 14.0. The molecular formula is C17H17F2NO. The molecule has 0 aromatic heterocycles. The molecule has 0 saturated carbocycles. The van der Waals surface area contributed by atoms with E-state index < -0.39 is 17.7 Å². The minimum Gasteiger partial charge on any atom is -0.493 e. The van der Waals surface area contributed by atoms with E-state index in [1.54, 1.807) is 14.0 Å². The van der Waals surface area contributed by atoms with Crippen molar-refractivity contribution in [3.63, 3.8) is 0 Å². The smallest absolute Gasteiger partial charge is 0.133 e. The summed E-state index contributed by atoms with van der Waals surface area (Å²) in [7, 11) is 1.72. The number of rotatable bonds is 3. The molecule has 2 aromatic carbocycles. The van der Waals surface area contributed by atoms with Crippen molar-refractivity contribution in [2.45, 2.75) is 18.9 Å². The van der Waals surface area contributed by atoms with Crippen LogP contribution in [0.15, 0.2) is 36.4 Å². The fraction of sp³-hybridized carbons (Fsp3) is 0.294. The number of likely N-dealkylation sites (N-methyl/N-ethyl adjacent to an activating group) is 1. The zero-order valence-corrected chi connectivity index (χ0v) is 12.0. The standard InChI is InChI=1S/C17H17F2NO/c1-10-7-8-13(18)15(16(10)19)17(20-2)12-9-21-14-6-4-3-5-11(12)14/h3-8,12,17,20H,9H2,1-2H3. The van der Waals surface area contributed by atoms with Gasteiger partial charge in [0.05, 0.1) is 6.61 Å². The van der Waals surface area contributed by atoms with Crippen LogP contribution in [-0.2, 0) is 0 Å². The first-order valence-electron chi connectivity index (χ1n) is 6.97. The number of fused-ring (bicyclic) bond motifs is 1. The quantitative estimate of drug-likeness (QED) is 0.930. The van der Waals surface area contributed by atoms with Crippen LogP contribution in [0.1, 0.15) is 28.7 Å². The Bertz CT molecular complexity index is 672. The molecule has 2 nitrogen and oxygen atoms in total. The molecule has 1 heterocycles. The van der Waals surface area contributed by atoms with Crippen LogP contribution in [0.5, 0.6) is 5.75 Å². The summed E-state index contributed by atoms with van der Waals surface area (Å²) in [5, 5.41) is 3.05. The third-order valence-corrected chi connectivity index (χ3v) is 4.08. The summed E-state index contributed by atoms with van der Waals surface area (Å²) in [4.78, 5) is 0. The Morgan fingerprint density at radius 3 is 2.71 bits per heavy atom. The molecule has 1 aliphatic rings. The van der Waals surface area contributed by atoms with Crippen LogP contribution in [-0.4, -0.2) is 13.7 Å². The van der Waals surface area contributed by atoms with Gasteiger partial charge in [-0.2, -0.15) is 0 Å². The summed E-state index contributed by atoms with van der Waals surface area (Å²) < 4.78 is 34.2. The second-order valence-electron chi connectivity index (χ2n) is 5.31. The Balaban J connectivity index is 2.07. The summed E-state index contributed by atoms with van der Waals surface area (Å²) in [5.74, 6) is -0.339. The van der Waals surface area contributed by atoms with Crippen LogP contribution >= 0.6 is 0 Å². The molecular weight excluding hydrogens is 272 g/mol. The summed E-state index contributed by atoms with van der Waals surface area (Å²) in [5.41, 5.74) is 1.51. The van der Waals surface area contributed by atoms with Crippen LogP contribution < -0.4 is 10.1 Å². The average Bonchev–Trinajstić information content (AvgIpc) is 2.91. The minimum absolute atomic E-state index is 0.0859. The van der Waals surface area contributed by atoms with E-state index in [0.717, 1.165) is 11.3 Å². The molecule has 0 saturated heterocycles. The molecule has 0 radical (unpaired) electrons. The highest BCUT2D eigenvalue weighted by molar-refractivity contribution is 5.43. The Hall–Kier alpha value is -1.94. The second kappa shape index (κ2) is 5.45. The van der Waals surface area contributed by atoms with Crippen LogP contribution in [0.25, 0.3) is 0 Å². The van der Waals surface area contributed by atoms with Crippen LogP contribution in [0.4, 0.5) is 8.78 Å². The van der Waals surface area contributed by atoms with Gasteiger partial charge in [-0.15, -0.1) is 0 Å². The first-order valence-corrected chi connectivity index (χ1v) is 6.97. The number of nitrogens with one attached hydrogen (secondary N) is 1. The predicted octanol–water partition coefficient (Wildman–Crippen LogP) is 3.71. The van der Waals surface area contributed by atoms with Crippen molar-refractivity contribution >= 4 is 0 Å². The van der Waals surface area contributed by atoms with Gasteiger partial charge in [0.25, 0.3) is 0 Å². The van der Waals surface area contributed by atoms with E-state index in [-0.39, 0.29) is 11.5 Å². The van der Waals surface area contributed by atoms with Crippen LogP contribution in [0.2, 0.25) is 0 Å². The Kier molecular flexibility index (Phi) is 3.64. The van der Waals surface area contributed by atoms with Gasteiger partial charge in [-0.3, -0.25) is 0 Å². The van der Waals surface area contributed by atoms with E-state index in [1.807, 2.05) is 24.3 Å². The maximum atomic E-state index is 14.4. The van der Waals surface area contributed by atoms with Gasteiger partial charge in [0.15, 0.2) is 0 Å². The molecule has 2 atom stereocenters. The molecule has 4 heteroatoms. The number of benzene rings is 2. The lowest BCUT2D eigenvalue weighted by Crippen LogP contribution is -2.27. The zero-order valence-electron chi connectivity index (χ0n) is 12.0. The van der Waals surface area contributed by atoms with Crippen molar-refractivity contribution in [1.29, 1.82) is 0 Å². The molecule has 2 unspecified atom stereocenters. The van der Waals surface area contributed by atoms with E-state index in [4.69, 9.17) is 4.74 Å². The maximum absolute atomic E-state index is 14.4. The van der Waals surface area contributed by atoms with Crippen LogP contribution in [0.3, 0.4) is 0 Å². The lowest BCUT2D eigenvalue weighted by atomic mass is 9.87. The molecule has 0 bridgehead atoms. The number of halogens is 2. The van der Waals surface area contributed by atoms with Crippen molar-refractivity contribution in [1.82, 2.24) is 5.32 Å². The fourth-order valence-electron chi connectivity index (χ4n) is 2.97. The lowest BCUT2D eigenvalue weighted by molar-refractivity contribution is 0.299. The number of para-hydroxylation sites is 1. The first-order chi connectivity index (χ1) is 10.1. The van der Waals surface area contributed by atoms with E-state index in [2.05, 4.69) is 5.32 Å². The molecule has 0 fully saturated rings. The molecule has 110 valence electrons. The van der Waals surface area contributed by atoms with E-state index in [1.165, 1.54) is 12.1 Å². The molecule has 2 aromatic rings. The van der Waals surface area contributed by atoms with Crippen molar-refractivity contribution in [2.75, 3.05) is 13.7 Å². The monoisotopic (exact) mass is 289 g/mol. The topological polar surface area (TPSA) is 21.3 Å². The van der Waals surface area contributed by atoms with E-state index in [9.17, 15) is 8.78 Å². The summed E-state index contributed by atoms with van der Waals surface area (Å²) >= 11 is 0.